The van der Waals surface area contributed by atoms with Gasteiger partial charge in [-0.15, -0.1) is 5.10 Å². The highest BCUT2D eigenvalue weighted by Crippen LogP contribution is 2.12. The summed E-state index contributed by atoms with van der Waals surface area (Å²) in [7, 11) is 3.81. The van der Waals surface area contributed by atoms with Gasteiger partial charge in [-0.05, 0) is 12.5 Å². The molecule has 1 aliphatic rings. The van der Waals surface area contributed by atoms with Gasteiger partial charge in [0.25, 0.3) is 0 Å². The molecule has 0 aliphatic heterocycles. The van der Waals surface area contributed by atoms with E-state index >= 15 is 0 Å². The maximum atomic E-state index is 4.25. The van der Waals surface area contributed by atoms with Crippen molar-refractivity contribution in [3.8, 4) is 0 Å². The second-order valence-corrected chi connectivity index (χ2v) is 3.30. The van der Waals surface area contributed by atoms with Gasteiger partial charge in [0.2, 0.25) is 11.9 Å². The molecule has 1 aromatic rings. The fourth-order valence-corrected chi connectivity index (χ4v) is 1.20. The van der Waals surface area contributed by atoms with Gasteiger partial charge in [-0.1, -0.05) is 12.2 Å². The van der Waals surface area contributed by atoms with Gasteiger partial charge in [0.1, 0.15) is 0 Å². The Morgan fingerprint density at radius 2 is 2.36 bits per heavy atom. The first-order valence-electron chi connectivity index (χ1n) is 4.49. The minimum absolute atomic E-state index is 0.673. The van der Waals surface area contributed by atoms with Crippen LogP contribution in [0, 0.1) is 0 Å². The maximum absolute atomic E-state index is 4.25. The quantitative estimate of drug-likeness (QED) is 0.752. The van der Waals surface area contributed by atoms with Gasteiger partial charge in [-0.25, -0.2) is 5.10 Å². The van der Waals surface area contributed by atoms with Crippen LogP contribution in [0.1, 0.15) is 6.42 Å². The molecule has 14 heavy (non-hydrogen) atoms. The monoisotopic (exact) mass is 191 g/mol. The summed E-state index contributed by atoms with van der Waals surface area (Å²) < 4.78 is 0. The average Bonchev–Trinajstić information content (AvgIpc) is 2.75. The van der Waals surface area contributed by atoms with Gasteiger partial charge < -0.3 is 10.2 Å². The molecular weight excluding hydrogens is 178 g/mol. The molecule has 0 bridgehead atoms. The van der Waals surface area contributed by atoms with Crippen molar-refractivity contribution in [3.63, 3.8) is 0 Å². The van der Waals surface area contributed by atoms with Crippen molar-refractivity contribution < 1.29 is 0 Å². The highest BCUT2D eigenvalue weighted by atomic mass is 15.4. The third-order valence-corrected chi connectivity index (χ3v) is 1.91. The van der Waals surface area contributed by atoms with Crippen LogP contribution in [0.15, 0.2) is 23.9 Å². The summed E-state index contributed by atoms with van der Waals surface area (Å²) in [6.07, 6.45) is 7.19. The first-order chi connectivity index (χ1) is 6.75. The topological polar surface area (TPSA) is 56.8 Å². The molecule has 5 nitrogen and oxygen atoms in total. The van der Waals surface area contributed by atoms with Gasteiger partial charge in [0, 0.05) is 19.8 Å². The number of rotatable bonds is 3. The Hall–Kier alpha value is -1.78. The number of H-pyrrole nitrogens is 1. The Kier molecular flexibility index (Phi) is 2.22. The lowest BCUT2D eigenvalue weighted by molar-refractivity contribution is 0.999. The van der Waals surface area contributed by atoms with Crippen LogP contribution in [0.3, 0.4) is 0 Å². The molecule has 0 fully saturated rings. The summed E-state index contributed by atoms with van der Waals surface area (Å²) in [5.41, 5.74) is 1.06. The fourth-order valence-electron chi connectivity index (χ4n) is 1.20. The normalized spacial score (nSPS) is 14.3. The Morgan fingerprint density at radius 3 is 2.93 bits per heavy atom. The van der Waals surface area contributed by atoms with Crippen molar-refractivity contribution in [2.45, 2.75) is 6.42 Å². The summed E-state index contributed by atoms with van der Waals surface area (Å²) in [6, 6.07) is 0. The van der Waals surface area contributed by atoms with Crippen LogP contribution in [0.25, 0.3) is 0 Å². The zero-order valence-electron chi connectivity index (χ0n) is 8.28. The van der Waals surface area contributed by atoms with Gasteiger partial charge in [0.15, 0.2) is 0 Å². The second-order valence-electron chi connectivity index (χ2n) is 3.30. The predicted molar refractivity (Wildman–Crippen MR) is 56.2 cm³/mol. The summed E-state index contributed by atoms with van der Waals surface area (Å²) in [6.45, 7) is 0. The zero-order chi connectivity index (χ0) is 9.97. The van der Waals surface area contributed by atoms with Gasteiger partial charge in [0.05, 0.1) is 0 Å². The van der Waals surface area contributed by atoms with Crippen LogP contribution in [-0.2, 0) is 0 Å². The molecule has 0 saturated carbocycles. The molecule has 0 unspecified atom stereocenters. The van der Waals surface area contributed by atoms with Crippen LogP contribution in [0.4, 0.5) is 11.9 Å². The first-order valence-corrected chi connectivity index (χ1v) is 4.49. The zero-order valence-corrected chi connectivity index (χ0v) is 8.28. The number of nitrogens with one attached hydrogen (secondary N) is 2. The lowest BCUT2D eigenvalue weighted by Crippen LogP contribution is -2.10. The van der Waals surface area contributed by atoms with Crippen molar-refractivity contribution in [1.82, 2.24) is 15.2 Å². The van der Waals surface area contributed by atoms with Crippen LogP contribution in [0.5, 0.6) is 0 Å². The summed E-state index contributed by atoms with van der Waals surface area (Å²) >= 11 is 0. The Morgan fingerprint density at radius 1 is 1.50 bits per heavy atom. The SMILES string of the molecule is CN(C)c1n[nH]c(NC2=CCC=C2)n1. The fraction of sp³-hybridized carbons (Fsp3) is 0.333. The van der Waals surface area contributed by atoms with Gasteiger partial charge in [-0.2, -0.15) is 4.98 Å². The van der Waals surface area contributed by atoms with Crippen LogP contribution in [0.2, 0.25) is 0 Å². The van der Waals surface area contributed by atoms with Crippen molar-refractivity contribution in [2.24, 2.45) is 0 Å². The second kappa shape index (κ2) is 3.53. The van der Waals surface area contributed by atoms with E-state index in [1.807, 2.05) is 25.1 Å². The highest BCUT2D eigenvalue weighted by Gasteiger charge is 2.05. The summed E-state index contributed by atoms with van der Waals surface area (Å²) in [5.74, 6) is 1.35. The maximum Gasteiger partial charge on any atom is 0.245 e. The number of hydrogen-bond donors (Lipinski definition) is 2. The molecule has 1 heterocycles. The molecule has 0 radical (unpaired) electrons. The third kappa shape index (κ3) is 1.76. The van der Waals surface area contributed by atoms with Crippen molar-refractivity contribution in [2.75, 3.05) is 24.3 Å². The largest absolute Gasteiger partial charge is 0.346 e. The molecule has 2 N–H and O–H groups in total. The Balaban J connectivity index is 2.06. The standard InChI is InChI=1S/C9H13N5/c1-14(2)9-11-8(12-13-9)10-7-5-3-4-6-7/h3,5-6H,4H2,1-2H3,(H2,10,11,12,13). The average molecular weight is 191 g/mol. The number of nitrogens with zero attached hydrogens (tertiary/aromatic N) is 3. The van der Waals surface area contributed by atoms with E-state index in [1.165, 1.54) is 0 Å². The van der Waals surface area contributed by atoms with Crippen molar-refractivity contribution in [1.29, 1.82) is 0 Å². The van der Waals surface area contributed by atoms with Crippen molar-refractivity contribution in [3.05, 3.63) is 23.9 Å². The molecule has 74 valence electrons. The molecule has 1 aromatic heterocycles. The molecule has 5 heteroatoms. The smallest absolute Gasteiger partial charge is 0.245 e. The highest BCUT2D eigenvalue weighted by molar-refractivity contribution is 5.44. The molecule has 0 aromatic carbocycles. The Bertz CT molecular complexity index is 374. The molecule has 2 rings (SSSR count). The number of aromatic nitrogens is 3. The van der Waals surface area contributed by atoms with E-state index in [9.17, 15) is 0 Å². The van der Waals surface area contributed by atoms with E-state index in [2.05, 4.69) is 32.7 Å². The van der Waals surface area contributed by atoms with E-state index in [0.717, 1.165) is 12.1 Å². The van der Waals surface area contributed by atoms with E-state index in [1.54, 1.807) is 0 Å². The number of hydrogen-bond acceptors (Lipinski definition) is 4. The summed E-state index contributed by atoms with van der Waals surface area (Å²) in [4.78, 5) is 6.09. The van der Waals surface area contributed by atoms with E-state index < -0.39 is 0 Å². The summed E-state index contributed by atoms with van der Waals surface area (Å²) in [5, 5.41) is 9.99. The van der Waals surface area contributed by atoms with Crippen LogP contribution < -0.4 is 10.2 Å². The molecular formula is C9H13N5. The van der Waals surface area contributed by atoms with Gasteiger partial charge in [-0.3, -0.25) is 0 Å². The van der Waals surface area contributed by atoms with E-state index in [0.29, 0.717) is 11.9 Å². The number of allylic oxidation sites excluding steroid dienone is 3. The number of anilines is 2. The lowest BCUT2D eigenvalue weighted by Gasteiger charge is -2.03. The van der Waals surface area contributed by atoms with Gasteiger partial charge >= 0.3 is 0 Å². The minimum atomic E-state index is 0.673. The van der Waals surface area contributed by atoms with E-state index in [-0.39, 0.29) is 0 Å². The number of aromatic amines is 1. The molecule has 0 spiro atoms. The molecule has 0 atom stereocenters. The third-order valence-electron chi connectivity index (χ3n) is 1.91. The minimum Gasteiger partial charge on any atom is -0.346 e. The Labute approximate surface area is 82.5 Å². The van der Waals surface area contributed by atoms with Crippen LogP contribution >= 0.6 is 0 Å². The van der Waals surface area contributed by atoms with E-state index in [4.69, 9.17) is 0 Å². The van der Waals surface area contributed by atoms with Crippen LogP contribution in [-0.4, -0.2) is 29.3 Å². The van der Waals surface area contributed by atoms with Crippen molar-refractivity contribution >= 4 is 11.9 Å². The lowest BCUT2D eigenvalue weighted by atomic mass is 10.4. The predicted octanol–water partition coefficient (Wildman–Crippen LogP) is 1.13. The molecule has 0 saturated heterocycles. The first kappa shape index (κ1) is 8.80. The molecule has 1 aliphatic carbocycles. The molecule has 0 amide bonds.